The smallest absolute Gasteiger partial charge is 0.337 e. The van der Waals surface area contributed by atoms with Crippen molar-refractivity contribution in [2.24, 2.45) is 0 Å². The first-order valence-corrected chi connectivity index (χ1v) is 7.60. The van der Waals surface area contributed by atoms with Crippen molar-refractivity contribution in [3.63, 3.8) is 0 Å². The second-order valence-corrected chi connectivity index (χ2v) is 5.04. The fourth-order valence-corrected chi connectivity index (χ4v) is 2.22. The van der Waals surface area contributed by atoms with Crippen LogP contribution in [0.5, 0.6) is 5.75 Å². The maximum absolute atomic E-state index is 12.0. The molecule has 0 atom stereocenters. The van der Waals surface area contributed by atoms with E-state index >= 15 is 0 Å². The standard InChI is InChI=1S/C16H16N4O5/c1-2-23-15(21)12-7-17-16(22)19-13(12)8-24-11-5-3-10(4-6-11)14-20-18-9-25-14/h3-6,9H,2,7-8H2,1H3,(H2,17,19,22). The molecule has 2 N–H and O–H groups in total. The molecule has 1 aliphatic heterocycles. The lowest BCUT2D eigenvalue weighted by molar-refractivity contribution is -0.138. The number of hydrogen-bond acceptors (Lipinski definition) is 7. The predicted molar refractivity (Wildman–Crippen MR) is 85.4 cm³/mol. The summed E-state index contributed by atoms with van der Waals surface area (Å²) in [4.78, 5) is 23.5. The van der Waals surface area contributed by atoms with Crippen molar-refractivity contribution in [2.75, 3.05) is 19.8 Å². The van der Waals surface area contributed by atoms with E-state index in [9.17, 15) is 9.59 Å². The minimum Gasteiger partial charge on any atom is -0.487 e. The topological polar surface area (TPSA) is 116 Å². The molecule has 0 spiro atoms. The number of nitrogens with one attached hydrogen (secondary N) is 2. The van der Waals surface area contributed by atoms with Crippen LogP contribution in [0.1, 0.15) is 6.92 Å². The van der Waals surface area contributed by atoms with E-state index in [0.29, 0.717) is 22.9 Å². The van der Waals surface area contributed by atoms with E-state index in [1.165, 1.54) is 6.39 Å². The number of rotatable bonds is 6. The highest BCUT2D eigenvalue weighted by Gasteiger charge is 2.23. The van der Waals surface area contributed by atoms with Gasteiger partial charge in [0.25, 0.3) is 0 Å². The third-order valence-corrected chi connectivity index (χ3v) is 3.42. The zero-order chi connectivity index (χ0) is 17.6. The molecule has 9 nitrogen and oxygen atoms in total. The molecule has 0 fully saturated rings. The van der Waals surface area contributed by atoms with Gasteiger partial charge in [-0.3, -0.25) is 0 Å². The molecule has 130 valence electrons. The average Bonchev–Trinajstić information content (AvgIpc) is 3.15. The van der Waals surface area contributed by atoms with Crippen LogP contribution in [0.25, 0.3) is 11.5 Å². The number of nitrogens with zero attached hydrogens (tertiary/aromatic N) is 2. The van der Waals surface area contributed by atoms with E-state index < -0.39 is 12.0 Å². The van der Waals surface area contributed by atoms with Gasteiger partial charge in [-0.2, -0.15) is 0 Å². The van der Waals surface area contributed by atoms with Crippen molar-refractivity contribution in [3.05, 3.63) is 41.9 Å². The van der Waals surface area contributed by atoms with Gasteiger partial charge in [0.15, 0.2) is 0 Å². The minimum absolute atomic E-state index is 0.0292. The lowest BCUT2D eigenvalue weighted by Crippen LogP contribution is -2.45. The quantitative estimate of drug-likeness (QED) is 0.758. The average molecular weight is 344 g/mol. The number of aromatic nitrogens is 2. The first-order chi connectivity index (χ1) is 12.2. The summed E-state index contributed by atoms with van der Waals surface area (Å²) in [6.07, 6.45) is 1.25. The normalized spacial score (nSPS) is 13.9. The number of hydrogen-bond donors (Lipinski definition) is 2. The lowest BCUT2D eigenvalue weighted by atomic mass is 10.1. The van der Waals surface area contributed by atoms with Gasteiger partial charge in [-0.25, -0.2) is 9.59 Å². The number of ether oxygens (including phenoxy) is 2. The highest BCUT2D eigenvalue weighted by Crippen LogP contribution is 2.21. The Morgan fingerprint density at radius 3 is 2.80 bits per heavy atom. The Labute approximate surface area is 143 Å². The van der Waals surface area contributed by atoms with Gasteiger partial charge in [-0.1, -0.05) is 0 Å². The summed E-state index contributed by atoms with van der Waals surface area (Å²) in [7, 11) is 0. The second-order valence-electron chi connectivity index (χ2n) is 5.04. The van der Waals surface area contributed by atoms with Crippen molar-refractivity contribution >= 4 is 12.0 Å². The number of carbonyl (C=O) groups excluding carboxylic acids is 2. The van der Waals surface area contributed by atoms with E-state index in [1.54, 1.807) is 31.2 Å². The lowest BCUT2D eigenvalue weighted by Gasteiger charge is -2.21. The number of carbonyl (C=O) groups is 2. The van der Waals surface area contributed by atoms with Gasteiger partial charge in [0, 0.05) is 5.56 Å². The summed E-state index contributed by atoms with van der Waals surface area (Å²) in [5, 5.41) is 12.6. The molecule has 2 amide bonds. The molecule has 0 radical (unpaired) electrons. The van der Waals surface area contributed by atoms with E-state index in [-0.39, 0.29) is 19.8 Å². The molecule has 0 saturated heterocycles. The van der Waals surface area contributed by atoms with E-state index in [0.717, 1.165) is 5.56 Å². The predicted octanol–water partition coefficient (Wildman–Crippen LogP) is 1.25. The molecule has 0 unspecified atom stereocenters. The van der Waals surface area contributed by atoms with Gasteiger partial charge >= 0.3 is 12.0 Å². The molecular weight excluding hydrogens is 328 g/mol. The minimum atomic E-state index is -0.486. The van der Waals surface area contributed by atoms with Crippen LogP contribution in [0.4, 0.5) is 4.79 Å². The molecule has 0 saturated carbocycles. The van der Waals surface area contributed by atoms with Crippen LogP contribution in [0, 0.1) is 0 Å². The third-order valence-electron chi connectivity index (χ3n) is 3.42. The Hall–Kier alpha value is -3.36. The summed E-state index contributed by atoms with van der Waals surface area (Å²) < 4.78 is 15.8. The summed E-state index contributed by atoms with van der Waals surface area (Å²) in [5.74, 6) is 0.483. The number of amides is 2. The Morgan fingerprint density at radius 2 is 2.12 bits per heavy atom. The van der Waals surface area contributed by atoms with Crippen molar-refractivity contribution in [1.82, 2.24) is 20.8 Å². The van der Waals surface area contributed by atoms with E-state index in [2.05, 4.69) is 20.8 Å². The number of benzene rings is 1. The molecule has 3 rings (SSSR count). The summed E-state index contributed by atoms with van der Waals surface area (Å²) in [6.45, 7) is 2.09. The zero-order valence-electron chi connectivity index (χ0n) is 13.4. The molecule has 1 aromatic carbocycles. The van der Waals surface area contributed by atoms with Gasteiger partial charge in [-0.05, 0) is 31.2 Å². The van der Waals surface area contributed by atoms with Crippen LogP contribution in [0.15, 0.2) is 46.3 Å². The molecule has 0 bridgehead atoms. The zero-order valence-corrected chi connectivity index (χ0v) is 13.4. The fraction of sp³-hybridized carbons (Fsp3) is 0.250. The molecule has 2 aromatic rings. The number of urea groups is 1. The highest BCUT2D eigenvalue weighted by molar-refractivity contribution is 5.93. The second kappa shape index (κ2) is 7.47. The third kappa shape index (κ3) is 3.94. The molecular formula is C16H16N4O5. The van der Waals surface area contributed by atoms with Crippen LogP contribution in [0.2, 0.25) is 0 Å². The summed E-state index contributed by atoms with van der Waals surface area (Å²) in [6, 6.07) is 6.60. The van der Waals surface area contributed by atoms with Crippen molar-refractivity contribution in [2.45, 2.75) is 6.92 Å². The molecule has 1 aromatic heterocycles. The molecule has 1 aliphatic rings. The van der Waals surface area contributed by atoms with Crippen LogP contribution in [-0.4, -0.2) is 42.0 Å². The largest absolute Gasteiger partial charge is 0.487 e. The monoisotopic (exact) mass is 344 g/mol. The first kappa shape index (κ1) is 16.5. The molecule has 9 heteroatoms. The Morgan fingerprint density at radius 1 is 1.32 bits per heavy atom. The van der Waals surface area contributed by atoms with Crippen molar-refractivity contribution in [3.8, 4) is 17.2 Å². The first-order valence-electron chi connectivity index (χ1n) is 7.60. The Balaban J connectivity index is 1.69. The van der Waals surface area contributed by atoms with Crippen molar-refractivity contribution in [1.29, 1.82) is 0 Å². The summed E-state index contributed by atoms with van der Waals surface area (Å²) >= 11 is 0. The van der Waals surface area contributed by atoms with Gasteiger partial charge < -0.3 is 24.5 Å². The Bertz CT molecular complexity index is 783. The van der Waals surface area contributed by atoms with Gasteiger partial charge in [-0.15, -0.1) is 10.2 Å². The molecule has 0 aliphatic carbocycles. The van der Waals surface area contributed by atoms with Gasteiger partial charge in [0.2, 0.25) is 12.3 Å². The number of esters is 1. The SMILES string of the molecule is CCOC(=O)C1=C(COc2ccc(-c3nnco3)cc2)NC(=O)NC1. The molecule has 2 heterocycles. The van der Waals surface area contributed by atoms with Crippen LogP contribution in [-0.2, 0) is 9.53 Å². The van der Waals surface area contributed by atoms with Crippen LogP contribution < -0.4 is 15.4 Å². The highest BCUT2D eigenvalue weighted by atomic mass is 16.5. The summed E-state index contributed by atoms with van der Waals surface area (Å²) in [5.41, 5.74) is 1.47. The van der Waals surface area contributed by atoms with E-state index in [1.807, 2.05) is 0 Å². The Kier molecular flexibility index (Phi) is 4.93. The van der Waals surface area contributed by atoms with Crippen LogP contribution >= 0.6 is 0 Å². The van der Waals surface area contributed by atoms with Gasteiger partial charge in [0.1, 0.15) is 12.4 Å². The van der Waals surface area contributed by atoms with E-state index in [4.69, 9.17) is 13.9 Å². The van der Waals surface area contributed by atoms with Crippen LogP contribution in [0.3, 0.4) is 0 Å². The fourth-order valence-electron chi connectivity index (χ4n) is 2.22. The molecule has 25 heavy (non-hydrogen) atoms. The maximum Gasteiger partial charge on any atom is 0.337 e. The maximum atomic E-state index is 12.0. The van der Waals surface area contributed by atoms with Crippen molar-refractivity contribution < 1.29 is 23.5 Å². The van der Waals surface area contributed by atoms with Gasteiger partial charge in [0.05, 0.1) is 24.4 Å².